The summed E-state index contributed by atoms with van der Waals surface area (Å²) in [4.78, 5) is 0. The third-order valence-electron chi connectivity index (χ3n) is 2.39. The molecule has 1 unspecified atom stereocenters. The Hall–Kier alpha value is -1.82. The lowest BCUT2D eigenvalue weighted by Gasteiger charge is -2.15. The fraction of sp³-hybridized carbons (Fsp3) is 0.143. The first kappa shape index (κ1) is 14.6. The van der Waals surface area contributed by atoms with Crippen LogP contribution < -0.4 is 9.47 Å². The number of alkyl halides is 3. The van der Waals surface area contributed by atoms with Crippen molar-refractivity contribution >= 4 is 12.6 Å². The van der Waals surface area contributed by atoms with Crippen molar-refractivity contribution in [1.82, 2.24) is 0 Å². The lowest BCUT2D eigenvalue weighted by atomic mass is 10.2. The van der Waals surface area contributed by atoms with Crippen molar-refractivity contribution in [3.63, 3.8) is 0 Å². The van der Waals surface area contributed by atoms with Gasteiger partial charge in [0.05, 0.1) is 0 Å². The molecule has 0 N–H and O–H groups in total. The number of hydrogen-bond acceptors (Lipinski definition) is 3. The maximum Gasteiger partial charge on any atom is 0.573 e. The molecule has 2 aromatic carbocycles. The maximum absolute atomic E-state index is 12.0. The summed E-state index contributed by atoms with van der Waals surface area (Å²) in [6.07, 6.45) is -4.69. The Morgan fingerprint density at radius 1 is 0.850 bits per heavy atom. The van der Waals surface area contributed by atoms with Gasteiger partial charge in [0.15, 0.2) is 5.44 Å². The molecule has 106 valence electrons. The minimum atomic E-state index is -4.69. The fourth-order valence-corrected chi connectivity index (χ4v) is 1.82. The van der Waals surface area contributed by atoms with Crippen LogP contribution in [0.2, 0.25) is 0 Å². The monoisotopic (exact) mass is 300 g/mol. The molecule has 0 heterocycles. The number of ether oxygens (including phenoxy) is 2. The number of hydrogen-bond donors (Lipinski definition) is 1. The summed E-state index contributed by atoms with van der Waals surface area (Å²) in [6, 6.07) is 14.4. The molecule has 0 fully saturated rings. The van der Waals surface area contributed by atoms with Crippen LogP contribution in [-0.4, -0.2) is 6.36 Å². The van der Waals surface area contributed by atoms with E-state index in [1.807, 2.05) is 18.2 Å². The molecule has 2 aromatic rings. The largest absolute Gasteiger partial charge is 0.573 e. The van der Waals surface area contributed by atoms with E-state index in [1.54, 1.807) is 12.1 Å². The van der Waals surface area contributed by atoms with Gasteiger partial charge in [-0.15, -0.1) is 25.8 Å². The van der Waals surface area contributed by atoms with E-state index in [1.165, 1.54) is 24.3 Å². The quantitative estimate of drug-likeness (QED) is 0.657. The van der Waals surface area contributed by atoms with Crippen LogP contribution >= 0.6 is 12.6 Å². The van der Waals surface area contributed by atoms with Crippen molar-refractivity contribution in [1.29, 1.82) is 0 Å². The average Bonchev–Trinajstić information content (AvgIpc) is 2.39. The standard InChI is InChI=1S/C14H11F3O2S/c15-14(16,17)19-12-8-6-10(7-9-12)13(20)18-11-4-2-1-3-5-11/h1-9,13,20H. The highest BCUT2D eigenvalue weighted by atomic mass is 32.1. The first-order valence-electron chi connectivity index (χ1n) is 5.69. The maximum atomic E-state index is 12.0. The smallest absolute Gasteiger partial charge is 0.475 e. The van der Waals surface area contributed by atoms with Crippen LogP contribution in [0.3, 0.4) is 0 Å². The second kappa shape index (κ2) is 6.09. The van der Waals surface area contributed by atoms with Gasteiger partial charge in [-0.3, -0.25) is 0 Å². The van der Waals surface area contributed by atoms with Gasteiger partial charge in [-0.2, -0.15) is 0 Å². The Bertz CT molecular complexity index is 541. The molecule has 0 saturated carbocycles. The molecule has 0 aliphatic heterocycles. The van der Waals surface area contributed by atoms with Crippen molar-refractivity contribution in [3.05, 3.63) is 60.2 Å². The molecule has 0 aliphatic carbocycles. The summed E-state index contributed by atoms with van der Waals surface area (Å²) < 4.78 is 45.4. The average molecular weight is 300 g/mol. The third-order valence-corrected chi connectivity index (χ3v) is 2.79. The molecule has 0 saturated heterocycles. The molecule has 0 amide bonds. The molecule has 20 heavy (non-hydrogen) atoms. The van der Waals surface area contributed by atoms with Crippen LogP contribution in [0.15, 0.2) is 54.6 Å². The van der Waals surface area contributed by atoms with Gasteiger partial charge in [-0.1, -0.05) is 30.3 Å². The predicted octanol–water partition coefficient (Wildman–Crippen LogP) is 4.59. The molecular formula is C14H11F3O2S. The summed E-state index contributed by atoms with van der Waals surface area (Å²) in [7, 11) is 0. The van der Waals surface area contributed by atoms with E-state index in [0.29, 0.717) is 11.3 Å². The topological polar surface area (TPSA) is 18.5 Å². The van der Waals surface area contributed by atoms with E-state index < -0.39 is 11.8 Å². The zero-order valence-electron chi connectivity index (χ0n) is 10.2. The highest BCUT2D eigenvalue weighted by Gasteiger charge is 2.31. The molecular weight excluding hydrogens is 289 g/mol. The van der Waals surface area contributed by atoms with Crippen LogP contribution in [0.5, 0.6) is 11.5 Å². The number of benzene rings is 2. The van der Waals surface area contributed by atoms with Gasteiger partial charge in [0, 0.05) is 5.56 Å². The van der Waals surface area contributed by atoms with Crippen molar-refractivity contribution in [2.24, 2.45) is 0 Å². The van der Waals surface area contributed by atoms with E-state index >= 15 is 0 Å². The molecule has 0 aromatic heterocycles. The van der Waals surface area contributed by atoms with Gasteiger partial charge in [-0.25, -0.2) is 0 Å². The van der Waals surface area contributed by atoms with Crippen molar-refractivity contribution in [3.8, 4) is 11.5 Å². The Balaban J connectivity index is 2.02. The molecule has 6 heteroatoms. The van der Waals surface area contributed by atoms with Gasteiger partial charge in [0.1, 0.15) is 11.5 Å². The number of thiol groups is 1. The molecule has 0 bridgehead atoms. The Morgan fingerprint density at radius 2 is 1.45 bits per heavy atom. The normalized spacial score (nSPS) is 12.8. The first-order chi connectivity index (χ1) is 9.44. The van der Waals surface area contributed by atoms with Crippen molar-refractivity contribution in [2.45, 2.75) is 11.8 Å². The van der Waals surface area contributed by atoms with E-state index in [-0.39, 0.29) is 5.75 Å². The molecule has 2 rings (SSSR count). The summed E-state index contributed by atoms with van der Waals surface area (Å²) in [6.45, 7) is 0. The van der Waals surface area contributed by atoms with Gasteiger partial charge in [-0.05, 0) is 24.3 Å². The highest BCUT2D eigenvalue weighted by Crippen LogP contribution is 2.28. The molecule has 0 aliphatic rings. The summed E-state index contributed by atoms with van der Waals surface area (Å²) in [5, 5.41) is 0. The van der Waals surface area contributed by atoms with Crippen LogP contribution in [-0.2, 0) is 0 Å². The summed E-state index contributed by atoms with van der Waals surface area (Å²) in [5.74, 6) is 0.351. The van der Waals surface area contributed by atoms with Crippen molar-refractivity contribution < 1.29 is 22.6 Å². The number of halogens is 3. The number of para-hydroxylation sites is 1. The van der Waals surface area contributed by atoms with E-state index in [9.17, 15) is 13.2 Å². The molecule has 1 atom stereocenters. The zero-order chi connectivity index (χ0) is 14.6. The molecule has 2 nitrogen and oxygen atoms in total. The first-order valence-corrected chi connectivity index (χ1v) is 6.21. The molecule has 0 spiro atoms. The fourth-order valence-electron chi connectivity index (χ4n) is 1.53. The lowest BCUT2D eigenvalue weighted by molar-refractivity contribution is -0.274. The van der Waals surface area contributed by atoms with Crippen LogP contribution in [0, 0.1) is 0 Å². The van der Waals surface area contributed by atoms with E-state index in [4.69, 9.17) is 4.74 Å². The van der Waals surface area contributed by atoms with Gasteiger partial charge in [0.25, 0.3) is 0 Å². The third kappa shape index (κ3) is 4.38. The highest BCUT2D eigenvalue weighted by molar-refractivity contribution is 7.80. The second-order valence-electron chi connectivity index (χ2n) is 3.90. The molecule has 0 radical (unpaired) electrons. The lowest BCUT2D eigenvalue weighted by Crippen LogP contribution is -2.17. The van der Waals surface area contributed by atoms with Crippen molar-refractivity contribution in [2.75, 3.05) is 0 Å². The SMILES string of the molecule is FC(F)(F)Oc1ccc(C(S)Oc2ccccc2)cc1. The van der Waals surface area contributed by atoms with Crippen LogP contribution in [0.1, 0.15) is 11.0 Å². The Kier molecular flexibility index (Phi) is 4.44. The van der Waals surface area contributed by atoms with E-state index in [0.717, 1.165) is 0 Å². The van der Waals surface area contributed by atoms with Gasteiger partial charge < -0.3 is 9.47 Å². The van der Waals surface area contributed by atoms with Gasteiger partial charge >= 0.3 is 6.36 Å². The minimum absolute atomic E-state index is 0.276. The second-order valence-corrected chi connectivity index (χ2v) is 4.37. The summed E-state index contributed by atoms with van der Waals surface area (Å²) in [5.41, 5.74) is 0.0593. The predicted molar refractivity (Wildman–Crippen MR) is 71.9 cm³/mol. The number of rotatable bonds is 4. The zero-order valence-corrected chi connectivity index (χ0v) is 11.1. The Morgan fingerprint density at radius 3 is 2.00 bits per heavy atom. The van der Waals surface area contributed by atoms with Gasteiger partial charge in [0.2, 0.25) is 0 Å². The Labute approximate surface area is 119 Å². The van der Waals surface area contributed by atoms with E-state index in [2.05, 4.69) is 17.4 Å². The summed E-state index contributed by atoms with van der Waals surface area (Å²) >= 11 is 4.27. The van der Waals surface area contributed by atoms with Crippen LogP contribution in [0.25, 0.3) is 0 Å². The van der Waals surface area contributed by atoms with Crippen LogP contribution in [0.4, 0.5) is 13.2 Å². The minimum Gasteiger partial charge on any atom is -0.475 e.